The third-order valence-electron chi connectivity index (χ3n) is 1.69. The molecule has 0 rings (SSSR count). The summed E-state index contributed by atoms with van der Waals surface area (Å²) in [5.41, 5.74) is 0.465. The minimum atomic E-state index is -0.578. The Morgan fingerprint density at radius 3 is 2.57 bits per heavy atom. The lowest BCUT2D eigenvalue weighted by molar-refractivity contribution is 0.0702. The summed E-state index contributed by atoms with van der Waals surface area (Å²) in [5.74, 6) is 0. The Morgan fingerprint density at radius 2 is 2.07 bits per heavy atom. The average Bonchev–Trinajstić information content (AvgIpc) is 2.00. The molecule has 0 atom stereocenters. The molecule has 0 heterocycles. The van der Waals surface area contributed by atoms with Crippen molar-refractivity contribution in [3.8, 4) is 0 Å². The molecule has 0 aromatic heterocycles. The fourth-order valence-electron chi connectivity index (χ4n) is 0.910. The highest BCUT2D eigenvalue weighted by Gasteiger charge is 2.10. The van der Waals surface area contributed by atoms with Gasteiger partial charge in [0, 0.05) is 6.54 Å². The number of ether oxygens (including phenoxy) is 1. The molecule has 0 spiro atoms. The second-order valence-electron chi connectivity index (χ2n) is 4.32. The van der Waals surface area contributed by atoms with E-state index in [2.05, 4.69) is 11.9 Å². The highest BCUT2D eigenvalue weighted by Crippen LogP contribution is 2.04. The van der Waals surface area contributed by atoms with Crippen LogP contribution in [-0.4, -0.2) is 37.0 Å². The van der Waals surface area contributed by atoms with Gasteiger partial charge in [0.25, 0.3) is 0 Å². The summed E-state index contributed by atoms with van der Waals surface area (Å²) < 4.78 is 5.30. The molecular weight excluding hydrogens is 178 g/mol. The van der Waals surface area contributed by atoms with Crippen molar-refractivity contribution < 1.29 is 9.84 Å². The number of nitrogens with one attached hydrogen (secondary N) is 1. The molecule has 84 valence electrons. The van der Waals surface area contributed by atoms with Crippen LogP contribution in [0.4, 0.5) is 0 Å². The molecule has 0 aliphatic carbocycles. The lowest BCUT2D eigenvalue weighted by Crippen LogP contribution is -2.28. The molecule has 0 unspecified atom stereocenters. The van der Waals surface area contributed by atoms with Gasteiger partial charge in [-0.2, -0.15) is 0 Å². The van der Waals surface area contributed by atoms with E-state index in [1.54, 1.807) is 0 Å². The highest BCUT2D eigenvalue weighted by atomic mass is 16.5. The normalized spacial score (nSPS) is 11.7. The van der Waals surface area contributed by atoms with E-state index in [4.69, 9.17) is 4.74 Å². The van der Waals surface area contributed by atoms with Crippen LogP contribution in [0.15, 0.2) is 12.2 Å². The largest absolute Gasteiger partial charge is 0.390 e. The maximum atomic E-state index is 9.41. The molecule has 0 saturated heterocycles. The van der Waals surface area contributed by atoms with Crippen LogP contribution in [0.1, 0.15) is 27.2 Å². The summed E-state index contributed by atoms with van der Waals surface area (Å²) in [4.78, 5) is 0. The van der Waals surface area contributed by atoms with Gasteiger partial charge in [0.15, 0.2) is 0 Å². The van der Waals surface area contributed by atoms with Crippen molar-refractivity contribution in [2.45, 2.75) is 32.8 Å². The highest BCUT2D eigenvalue weighted by molar-refractivity contribution is 4.87. The standard InChI is InChI=1S/C11H23NO2/c1-10(2)9-14-8-7-12-6-5-11(3,4)13/h12-13H,1,5-9H2,2-4H3. The van der Waals surface area contributed by atoms with E-state index < -0.39 is 5.60 Å². The Kier molecular flexibility index (Phi) is 6.79. The molecule has 0 aliphatic rings. The van der Waals surface area contributed by atoms with Gasteiger partial charge in [-0.15, -0.1) is 0 Å². The van der Waals surface area contributed by atoms with Crippen LogP contribution in [0.25, 0.3) is 0 Å². The number of hydrogen-bond acceptors (Lipinski definition) is 3. The van der Waals surface area contributed by atoms with Gasteiger partial charge in [0.2, 0.25) is 0 Å². The van der Waals surface area contributed by atoms with Crippen molar-refractivity contribution >= 4 is 0 Å². The first-order chi connectivity index (χ1) is 6.42. The quantitative estimate of drug-likeness (QED) is 0.460. The summed E-state index contributed by atoms with van der Waals surface area (Å²) in [5, 5.41) is 12.6. The van der Waals surface area contributed by atoms with E-state index in [-0.39, 0.29) is 0 Å². The second-order valence-corrected chi connectivity index (χ2v) is 4.32. The van der Waals surface area contributed by atoms with Crippen molar-refractivity contribution in [2.75, 3.05) is 26.3 Å². The molecule has 0 fully saturated rings. The Hall–Kier alpha value is -0.380. The number of aliphatic hydroxyl groups is 1. The molecule has 3 nitrogen and oxygen atoms in total. The van der Waals surface area contributed by atoms with Gasteiger partial charge in [0.1, 0.15) is 0 Å². The van der Waals surface area contributed by atoms with Crippen LogP contribution in [0.2, 0.25) is 0 Å². The van der Waals surface area contributed by atoms with Crippen LogP contribution < -0.4 is 5.32 Å². The molecule has 2 N–H and O–H groups in total. The maximum Gasteiger partial charge on any atom is 0.0672 e. The van der Waals surface area contributed by atoms with Gasteiger partial charge in [-0.1, -0.05) is 12.2 Å². The lowest BCUT2D eigenvalue weighted by Gasteiger charge is -2.16. The summed E-state index contributed by atoms with van der Waals surface area (Å²) >= 11 is 0. The van der Waals surface area contributed by atoms with E-state index in [9.17, 15) is 5.11 Å². The fourth-order valence-corrected chi connectivity index (χ4v) is 0.910. The van der Waals surface area contributed by atoms with Crippen molar-refractivity contribution in [1.29, 1.82) is 0 Å². The minimum Gasteiger partial charge on any atom is -0.390 e. The molecule has 0 aliphatic heterocycles. The summed E-state index contributed by atoms with van der Waals surface area (Å²) in [6, 6.07) is 0. The summed E-state index contributed by atoms with van der Waals surface area (Å²) in [6.45, 7) is 12.3. The SMILES string of the molecule is C=C(C)COCCNCCC(C)(C)O. The summed E-state index contributed by atoms with van der Waals surface area (Å²) in [6.07, 6.45) is 0.757. The Balaban J connectivity index is 3.11. The topological polar surface area (TPSA) is 41.5 Å². The molecule has 0 aromatic carbocycles. The van der Waals surface area contributed by atoms with Gasteiger partial charge in [-0.05, 0) is 33.7 Å². The van der Waals surface area contributed by atoms with Crippen LogP contribution in [0.5, 0.6) is 0 Å². The first kappa shape index (κ1) is 13.6. The second kappa shape index (κ2) is 6.98. The van der Waals surface area contributed by atoms with E-state index in [1.807, 2.05) is 20.8 Å². The average molecular weight is 201 g/mol. The van der Waals surface area contributed by atoms with Crippen LogP contribution in [0.3, 0.4) is 0 Å². The number of rotatable bonds is 8. The van der Waals surface area contributed by atoms with Crippen LogP contribution >= 0.6 is 0 Å². The van der Waals surface area contributed by atoms with Gasteiger partial charge >= 0.3 is 0 Å². The van der Waals surface area contributed by atoms with E-state index in [1.165, 1.54) is 0 Å². The van der Waals surface area contributed by atoms with Crippen molar-refractivity contribution in [1.82, 2.24) is 5.32 Å². The van der Waals surface area contributed by atoms with Crippen molar-refractivity contribution in [3.05, 3.63) is 12.2 Å². The molecule has 0 bridgehead atoms. The zero-order chi connectivity index (χ0) is 11.0. The van der Waals surface area contributed by atoms with Crippen molar-refractivity contribution in [3.63, 3.8) is 0 Å². The molecular formula is C11H23NO2. The Labute approximate surface area is 87.2 Å². The zero-order valence-corrected chi connectivity index (χ0v) is 9.60. The predicted octanol–water partition coefficient (Wildman–Crippen LogP) is 1.33. The number of hydrogen-bond donors (Lipinski definition) is 2. The van der Waals surface area contributed by atoms with Gasteiger partial charge < -0.3 is 15.2 Å². The molecule has 0 saturated carbocycles. The maximum absolute atomic E-state index is 9.41. The third kappa shape index (κ3) is 11.6. The fraction of sp³-hybridized carbons (Fsp3) is 0.818. The van der Waals surface area contributed by atoms with Crippen molar-refractivity contribution in [2.24, 2.45) is 0 Å². The first-order valence-corrected chi connectivity index (χ1v) is 5.07. The summed E-state index contributed by atoms with van der Waals surface area (Å²) in [7, 11) is 0. The molecule has 14 heavy (non-hydrogen) atoms. The Morgan fingerprint density at radius 1 is 1.43 bits per heavy atom. The van der Waals surface area contributed by atoms with Gasteiger partial charge in [-0.3, -0.25) is 0 Å². The lowest BCUT2D eigenvalue weighted by atomic mass is 10.1. The van der Waals surface area contributed by atoms with E-state index in [0.717, 1.165) is 25.1 Å². The molecule has 0 aromatic rings. The van der Waals surface area contributed by atoms with Gasteiger partial charge in [0.05, 0.1) is 18.8 Å². The van der Waals surface area contributed by atoms with Gasteiger partial charge in [-0.25, -0.2) is 0 Å². The monoisotopic (exact) mass is 201 g/mol. The predicted molar refractivity (Wildman–Crippen MR) is 59.4 cm³/mol. The smallest absolute Gasteiger partial charge is 0.0672 e. The molecule has 0 amide bonds. The molecule has 3 heteroatoms. The zero-order valence-electron chi connectivity index (χ0n) is 9.60. The molecule has 0 radical (unpaired) electrons. The van der Waals surface area contributed by atoms with E-state index >= 15 is 0 Å². The van der Waals surface area contributed by atoms with Crippen LogP contribution in [0, 0.1) is 0 Å². The first-order valence-electron chi connectivity index (χ1n) is 5.07. The third-order valence-corrected chi connectivity index (χ3v) is 1.69. The minimum absolute atomic E-state index is 0.578. The van der Waals surface area contributed by atoms with Crippen LogP contribution in [-0.2, 0) is 4.74 Å². The van der Waals surface area contributed by atoms with E-state index in [0.29, 0.717) is 13.2 Å². The Bertz CT molecular complexity index is 161.